The molecular formula is C13H15NO. The number of benzene rings is 1. The molecule has 0 aliphatic heterocycles. The van der Waals surface area contributed by atoms with Gasteiger partial charge < -0.3 is 9.72 Å². The van der Waals surface area contributed by atoms with E-state index in [2.05, 4.69) is 23.7 Å². The minimum atomic E-state index is 0.641. The second-order valence-corrected chi connectivity index (χ2v) is 3.40. The lowest BCUT2D eigenvalue weighted by Gasteiger charge is -2.01. The third-order valence-corrected chi connectivity index (χ3v) is 2.50. The topological polar surface area (TPSA) is 25.0 Å². The number of hydrogen-bond donors (Lipinski definition) is 1. The zero-order chi connectivity index (χ0) is 10.7. The molecule has 0 aliphatic rings. The third-order valence-electron chi connectivity index (χ3n) is 2.50. The summed E-state index contributed by atoms with van der Waals surface area (Å²) in [5.74, 6) is 0. The van der Waals surface area contributed by atoms with Gasteiger partial charge in [-0.15, -0.1) is 0 Å². The quantitative estimate of drug-likeness (QED) is 0.806. The van der Waals surface area contributed by atoms with E-state index in [1.165, 1.54) is 10.9 Å². The molecule has 2 aromatic rings. The van der Waals surface area contributed by atoms with Crippen molar-refractivity contribution in [1.29, 1.82) is 0 Å². The van der Waals surface area contributed by atoms with E-state index in [9.17, 15) is 0 Å². The Morgan fingerprint density at radius 1 is 1.40 bits per heavy atom. The van der Waals surface area contributed by atoms with Crippen LogP contribution in [0.1, 0.15) is 18.2 Å². The Kier molecular flexibility index (Phi) is 2.88. The van der Waals surface area contributed by atoms with Crippen LogP contribution >= 0.6 is 0 Å². The first kappa shape index (κ1) is 9.99. The summed E-state index contributed by atoms with van der Waals surface area (Å²) in [5.41, 5.74) is 3.40. The molecule has 0 bridgehead atoms. The first-order chi connectivity index (χ1) is 7.36. The molecule has 0 aliphatic carbocycles. The van der Waals surface area contributed by atoms with Crippen LogP contribution in [-0.4, -0.2) is 11.6 Å². The van der Waals surface area contributed by atoms with Crippen molar-refractivity contribution in [2.24, 2.45) is 0 Å². The maximum absolute atomic E-state index is 5.46. The Labute approximate surface area is 89.6 Å². The van der Waals surface area contributed by atoms with Crippen molar-refractivity contribution < 1.29 is 4.74 Å². The summed E-state index contributed by atoms with van der Waals surface area (Å²) >= 11 is 0. The van der Waals surface area contributed by atoms with Gasteiger partial charge in [0.15, 0.2) is 0 Å². The number of para-hydroxylation sites is 1. The SMILES string of the molecule is C=Cc1[nH]c2ccccc2c1COCC. The molecular weight excluding hydrogens is 186 g/mol. The Bertz CT molecular complexity index is 470. The Hall–Kier alpha value is -1.54. The van der Waals surface area contributed by atoms with Gasteiger partial charge in [0.05, 0.1) is 6.61 Å². The number of aromatic amines is 1. The Morgan fingerprint density at radius 3 is 2.93 bits per heavy atom. The van der Waals surface area contributed by atoms with Crippen LogP contribution in [0.2, 0.25) is 0 Å². The molecule has 1 aromatic carbocycles. The molecule has 2 heteroatoms. The zero-order valence-electron chi connectivity index (χ0n) is 8.92. The van der Waals surface area contributed by atoms with E-state index in [4.69, 9.17) is 4.74 Å². The lowest BCUT2D eigenvalue weighted by molar-refractivity contribution is 0.135. The molecule has 2 nitrogen and oxygen atoms in total. The van der Waals surface area contributed by atoms with E-state index in [1.807, 2.05) is 25.1 Å². The highest BCUT2D eigenvalue weighted by Crippen LogP contribution is 2.23. The summed E-state index contributed by atoms with van der Waals surface area (Å²) in [4.78, 5) is 3.32. The molecule has 0 unspecified atom stereocenters. The second kappa shape index (κ2) is 4.32. The summed E-state index contributed by atoms with van der Waals surface area (Å²) in [6.45, 7) is 7.18. The number of H-pyrrole nitrogens is 1. The van der Waals surface area contributed by atoms with E-state index >= 15 is 0 Å². The van der Waals surface area contributed by atoms with Crippen LogP contribution in [0.15, 0.2) is 30.8 Å². The molecule has 0 fully saturated rings. The monoisotopic (exact) mass is 201 g/mol. The molecule has 0 spiro atoms. The smallest absolute Gasteiger partial charge is 0.0743 e. The van der Waals surface area contributed by atoms with Gasteiger partial charge in [0, 0.05) is 28.8 Å². The first-order valence-electron chi connectivity index (χ1n) is 5.16. The van der Waals surface area contributed by atoms with Gasteiger partial charge in [0.2, 0.25) is 0 Å². The maximum atomic E-state index is 5.46. The largest absolute Gasteiger partial charge is 0.377 e. The maximum Gasteiger partial charge on any atom is 0.0743 e. The van der Waals surface area contributed by atoms with Crippen LogP contribution in [0.25, 0.3) is 17.0 Å². The van der Waals surface area contributed by atoms with Crippen LogP contribution in [0.5, 0.6) is 0 Å². The fourth-order valence-electron chi connectivity index (χ4n) is 1.75. The lowest BCUT2D eigenvalue weighted by Crippen LogP contribution is -1.92. The molecule has 15 heavy (non-hydrogen) atoms. The average Bonchev–Trinajstić information content (AvgIpc) is 2.64. The van der Waals surface area contributed by atoms with Gasteiger partial charge in [-0.05, 0) is 19.1 Å². The number of nitrogens with one attached hydrogen (secondary N) is 1. The van der Waals surface area contributed by atoms with Gasteiger partial charge in [-0.3, -0.25) is 0 Å². The lowest BCUT2D eigenvalue weighted by atomic mass is 10.1. The number of fused-ring (bicyclic) bond motifs is 1. The van der Waals surface area contributed by atoms with Crippen molar-refractivity contribution in [2.75, 3.05) is 6.61 Å². The van der Waals surface area contributed by atoms with Crippen molar-refractivity contribution in [2.45, 2.75) is 13.5 Å². The molecule has 1 aromatic heterocycles. The van der Waals surface area contributed by atoms with E-state index in [0.29, 0.717) is 6.61 Å². The minimum Gasteiger partial charge on any atom is -0.377 e. The highest BCUT2D eigenvalue weighted by atomic mass is 16.5. The van der Waals surface area contributed by atoms with Crippen molar-refractivity contribution >= 4 is 17.0 Å². The number of ether oxygens (including phenoxy) is 1. The molecule has 2 rings (SSSR count). The fourth-order valence-corrected chi connectivity index (χ4v) is 1.75. The van der Waals surface area contributed by atoms with Crippen LogP contribution in [-0.2, 0) is 11.3 Å². The predicted octanol–water partition coefficient (Wildman–Crippen LogP) is 3.35. The van der Waals surface area contributed by atoms with Gasteiger partial charge in [0.1, 0.15) is 0 Å². The van der Waals surface area contributed by atoms with Crippen LogP contribution in [0.4, 0.5) is 0 Å². The highest BCUT2D eigenvalue weighted by molar-refractivity contribution is 5.86. The summed E-state index contributed by atoms with van der Waals surface area (Å²) in [6, 6.07) is 8.24. The van der Waals surface area contributed by atoms with E-state index in [0.717, 1.165) is 17.8 Å². The van der Waals surface area contributed by atoms with Crippen molar-refractivity contribution in [3.05, 3.63) is 42.1 Å². The van der Waals surface area contributed by atoms with E-state index in [1.54, 1.807) is 0 Å². The standard InChI is InChI=1S/C13H15NO/c1-3-12-11(9-15-4-2)10-7-5-6-8-13(10)14-12/h3,5-8,14H,1,4,9H2,2H3. The Balaban J connectivity index is 2.51. The number of aromatic nitrogens is 1. The third kappa shape index (κ3) is 1.81. The van der Waals surface area contributed by atoms with Crippen LogP contribution in [0, 0.1) is 0 Å². The highest BCUT2D eigenvalue weighted by Gasteiger charge is 2.07. The molecule has 0 radical (unpaired) electrons. The van der Waals surface area contributed by atoms with Gasteiger partial charge >= 0.3 is 0 Å². The van der Waals surface area contributed by atoms with Crippen molar-refractivity contribution in [3.8, 4) is 0 Å². The minimum absolute atomic E-state index is 0.641. The second-order valence-electron chi connectivity index (χ2n) is 3.40. The summed E-state index contributed by atoms with van der Waals surface area (Å²) < 4.78 is 5.46. The van der Waals surface area contributed by atoms with Crippen LogP contribution in [0.3, 0.4) is 0 Å². The summed E-state index contributed by atoms with van der Waals surface area (Å²) in [6.07, 6.45) is 1.84. The molecule has 1 N–H and O–H groups in total. The van der Waals surface area contributed by atoms with E-state index < -0.39 is 0 Å². The molecule has 1 heterocycles. The number of rotatable bonds is 4. The molecule has 78 valence electrons. The van der Waals surface area contributed by atoms with Gasteiger partial charge in [-0.1, -0.05) is 24.8 Å². The molecule has 0 amide bonds. The van der Waals surface area contributed by atoms with Gasteiger partial charge in [0.25, 0.3) is 0 Å². The molecule has 0 saturated carbocycles. The number of hydrogen-bond acceptors (Lipinski definition) is 1. The molecule has 0 atom stereocenters. The Morgan fingerprint density at radius 2 is 2.20 bits per heavy atom. The summed E-state index contributed by atoms with van der Waals surface area (Å²) in [7, 11) is 0. The van der Waals surface area contributed by atoms with Crippen LogP contribution < -0.4 is 0 Å². The van der Waals surface area contributed by atoms with Gasteiger partial charge in [-0.25, -0.2) is 0 Å². The average molecular weight is 201 g/mol. The van der Waals surface area contributed by atoms with Crippen molar-refractivity contribution in [3.63, 3.8) is 0 Å². The fraction of sp³-hybridized carbons (Fsp3) is 0.231. The predicted molar refractivity (Wildman–Crippen MR) is 63.7 cm³/mol. The molecule has 0 saturated heterocycles. The summed E-state index contributed by atoms with van der Waals surface area (Å²) in [5, 5.41) is 1.22. The first-order valence-corrected chi connectivity index (χ1v) is 5.16. The zero-order valence-corrected chi connectivity index (χ0v) is 8.92. The normalized spacial score (nSPS) is 10.7. The van der Waals surface area contributed by atoms with E-state index in [-0.39, 0.29) is 0 Å². The van der Waals surface area contributed by atoms with Gasteiger partial charge in [-0.2, -0.15) is 0 Å². The van der Waals surface area contributed by atoms with Crippen molar-refractivity contribution in [1.82, 2.24) is 4.98 Å².